The van der Waals surface area contributed by atoms with Crippen LogP contribution in [0.15, 0.2) is 29.2 Å². The molecule has 108 valence electrons. The minimum atomic E-state index is -0.543. The van der Waals surface area contributed by atoms with Crippen LogP contribution in [-0.2, 0) is 9.47 Å². The van der Waals surface area contributed by atoms with Gasteiger partial charge in [-0.3, -0.25) is 0 Å². The molecule has 0 fully saturated rings. The second-order valence-electron chi connectivity index (χ2n) is 4.47. The Morgan fingerprint density at radius 3 is 2.38 bits per heavy atom. The quantitative estimate of drug-likeness (QED) is 0.550. The Labute approximate surface area is 125 Å². The predicted molar refractivity (Wildman–Crippen MR) is 80.5 cm³/mol. The molecule has 3 aromatic heterocycles. The average Bonchev–Trinajstić information content (AvgIpc) is 3.06. The summed E-state index contributed by atoms with van der Waals surface area (Å²) in [5.41, 5.74) is 2.78. The maximum absolute atomic E-state index is 12.2. The number of ether oxygens (including phenoxy) is 2. The van der Waals surface area contributed by atoms with Crippen LogP contribution >= 0.6 is 11.8 Å². The van der Waals surface area contributed by atoms with Crippen LogP contribution in [0.3, 0.4) is 0 Å². The van der Waals surface area contributed by atoms with Crippen molar-refractivity contribution in [3.05, 3.63) is 35.4 Å². The number of aromatic nitrogens is 1. The van der Waals surface area contributed by atoms with Gasteiger partial charge in [-0.15, -0.1) is 11.8 Å². The van der Waals surface area contributed by atoms with Crippen molar-refractivity contribution in [2.45, 2.75) is 4.90 Å². The number of thioether (sulfide) groups is 1. The molecule has 0 unspecified atom stereocenters. The summed E-state index contributed by atoms with van der Waals surface area (Å²) in [6.07, 6.45) is 1.93. The first kappa shape index (κ1) is 13.8. The Morgan fingerprint density at radius 1 is 1.10 bits per heavy atom. The first-order valence-electron chi connectivity index (χ1n) is 6.24. The van der Waals surface area contributed by atoms with Crippen molar-refractivity contribution >= 4 is 40.3 Å². The number of nitrogens with zero attached hydrogens (tertiary/aromatic N) is 1. The summed E-state index contributed by atoms with van der Waals surface area (Å²) >= 11 is 1.52. The molecule has 0 radical (unpaired) electrons. The molecule has 5 nitrogen and oxygen atoms in total. The van der Waals surface area contributed by atoms with Crippen molar-refractivity contribution in [3.63, 3.8) is 0 Å². The van der Waals surface area contributed by atoms with Crippen LogP contribution in [0.4, 0.5) is 0 Å². The maximum Gasteiger partial charge on any atom is 0.341 e. The molecule has 6 heteroatoms. The minimum absolute atomic E-state index is 0.251. The smallest absolute Gasteiger partial charge is 0.341 e. The third-order valence-corrected chi connectivity index (χ3v) is 4.25. The van der Waals surface area contributed by atoms with E-state index in [1.165, 1.54) is 26.0 Å². The van der Waals surface area contributed by atoms with Crippen LogP contribution < -0.4 is 0 Å². The van der Waals surface area contributed by atoms with Gasteiger partial charge in [0.15, 0.2) is 0 Å². The van der Waals surface area contributed by atoms with E-state index in [2.05, 4.69) is 0 Å². The lowest BCUT2D eigenvalue weighted by atomic mass is 10.1. The fourth-order valence-electron chi connectivity index (χ4n) is 2.64. The summed E-state index contributed by atoms with van der Waals surface area (Å²) in [5.74, 6) is -1.08. The molecule has 3 rings (SSSR count). The fraction of sp³-hybridized carbons (Fsp3) is 0.200. The van der Waals surface area contributed by atoms with Crippen LogP contribution in [0, 0.1) is 0 Å². The van der Waals surface area contributed by atoms with Crippen molar-refractivity contribution in [1.29, 1.82) is 0 Å². The lowest BCUT2D eigenvalue weighted by Gasteiger charge is -2.02. The van der Waals surface area contributed by atoms with E-state index >= 15 is 0 Å². The van der Waals surface area contributed by atoms with Gasteiger partial charge >= 0.3 is 11.9 Å². The number of pyridine rings is 1. The minimum Gasteiger partial charge on any atom is -0.465 e. The molecule has 0 aliphatic carbocycles. The molecule has 3 aromatic rings. The highest BCUT2D eigenvalue weighted by Gasteiger charge is 2.30. The molecule has 0 aromatic carbocycles. The molecule has 0 saturated carbocycles. The number of methoxy groups -OCH3 is 2. The molecule has 3 heterocycles. The van der Waals surface area contributed by atoms with Gasteiger partial charge in [-0.1, -0.05) is 6.07 Å². The molecule has 0 N–H and O–H groups in total. The maximum atomic E-state index is 12.2. The van der Waals surface area contributed by atoms with Gasteiger partial charge in [0.25, 0.3) is 0 Å². The standard InChI is InChI=1S/C15H13NO4S/c1-19-14(17)11-9-6-4-5-8-7-10(21-3)13(16(8)9)12(11)15(18)20-2/h4-7H,1-3H3. The summed E-state index contributed by atoms with van der Waals surface area (Å²) in [7, 11) is 2.60. The Hall–Kier alpha value is -2.21. The fourth-order valence-corrected chi connectivity index (χ4v) is 3.27. The van der Waals surface area contributed by atoms with E-state index in [0.29, 0.717) is 11.0 Å². The normalized spacial score (nSPS) is 11.2. The largest absolute Gasteiger partial charge is 0.465 e. The number of hydrogen-bond acceptors (Lipinski definition) is 5. The van der Waals surface area contributed by atoms with Crippen LogP contribution in [0.5, 0.6) is 0 Å². The van der Waals surface area contributed by atoms with Gasteiger partial charge in [0, 0.05) is 10.4 Å². The van der Waals surface area contributed by atoms with Crippen molar-refractivity contribution in [2.75, 3.05) is 20.5 Å². The van der Waals surface area contributed by atoms with Crippen molar-refractivity contribution in [3.8, 4) is 0 Å². The Balaban J connectivity index is 2.54. The number of carbonyl (C=O) groups is 2. The molecule has 0 saturated heterocycles. The molecule has 0 atom stereocenters. The highest BCUT2D eigenvalue weighted by atomic mass is 32.2. The highest BCUT2D eigenvalue weighted by Crippen LogP contribution is 2.36. The van der Waals surface area contributed by atoms with E-state index in [1.807, 2.05) is 28.9 Å². The summed E-state index contributed by atoms with van der Waals surface area (Å²) in [6.45, 7) is 0. The van der Waals surface area contributed by atoms with Gasteiger partial charge < -0.3 is 13.9 Å². The Bertz CT molecular complexity index is 852. The zero-order valence-electron chi connectivity index (χ0n) is 11.8. The van der Waals surface area contributed by atoms with E-state index in [0.717, 1.165) is 10.4 Å². The van der Waals surface area contributed by atoms with Gasteiger partial charge in [0.1, 0.15) is 11.1 Å². The summed E-state index contributed by atoms with van der Waals surface area (Å²) in [6, 6.07) is 7.56. The first-order valence-corrected chi connectivity index (χ1v) is 7.46. The van der Waals surface area contributed by atoms with Gasteiger partial charge in [0.2, 0.25) is 0 Å². The van der Waals surface area contributed by atoms with Crippen LogP contribution in [0.1, 0.15) is 20.7 Å². The van der Waals surface area contributed by atoms with Crippen LogP contribution in [0.25, 0.3) is 16.6 Å². The lowest BCUT2D eigenvalue weighted by molar-refractivity contribution is 0.0559. The Morgan fingerprint density at radius 2 is 1.76 bits per heavy atom. The highest BCUT2D eigenvalue weighted by molar-refractivity contribution is 7.98. The predicted octanol–water partition coefficient (Wildman–Crippen LogP) is 2.83. The van der Waals surface area contributed by atoms with Gasteiger partial charge in [-0.25, -0.2) is 9.59 Å². The number of esters is 2. The van der Waals surface area contributed by atoms with Crippen LogP contribution in [-0.4, -0.2) is 36.8 Å². The average molecular weight is 303 g/mol. The second-order valence-corrected chi connectivity index (χ2v) is 5.31. The van der Waals surface area contributed by atoms with Gasteiger partial charge in [0.05, 0.1) is 25.3 Å². The molecular weight excluding hydrogens is 290 g/mol. The number of hydrogen-bond donors (Lipinski definition) is 0. The van der Waals surface area contributed by atoms with Crippen molar-refractivity contribution < 1.29 is 19.1 Å². The molecule has 0 aliphatic heterocycles. The molecular formula is C15H13NO4S. The van der Waals surface area contributed by atoms with Crippen molar-refractivity contribution in [1.82, 2.24) is 4.40 Å². The van der Waals surface area contributed by atoms with Crippen molar-refractivity contribution in [2.24, 2.45) is 0 Å². The summed E-state index contributed by atoms with van der Waals surface area (Å²) < 4.78 is 11.6. The molecule has 21 heavy (non-hydrogen) atoms. The zero-order valence-corrected chi connectivity index (χ0v) is 12.6. The third kappa shape index (κ3) is 1.79. The van der Waals surface area contributed by atoms with E-state index in [9.17, 15) is 9.59 Å². The first-order chi connectivity index (χ1) is 10.1. The summed E-state index contributed by atoms with van der Waals surface area (Å²) in [5, 5.41) is 0. The van der Waals surface area contributed by atoms with Gasteiger partial charge in [-0.05, 0) is 24.5 Å². The molecule has 0 spiro atoms. The van der Waals surface area contributed by atoms with E-state index in [4.69, 9.17) is 9.47 Å². The third-order valence-electron chi connectivity index (χ3n) is 3.50. The number of rotatable bonds is 3. The zero-order chi connectivity index (χ0) is 15.1. The topological polar surface area (TPSA) is 57.0 Å². The van der Waals surface area contributed by atoms with Crippen LogP contribution in [0.2, 0.25) is 0 Å². The Kier molecular flexibility index (Phi) is 3.25. The molecule has 0 amide bonds. The monoisotopic (exact) mass is 303 g/mol. The summed E-state index contributed by atoms with van der Waals surface area (Å²) in [4.78, 5) is 25.3. The van der Waals surface area contributed by atoms with E-state index in [1.54, 1.807) is 6.07 Å². The molecule has 0 bridgehead atoms. The number of carbonyl (C=O) groups excluding carboxylic acids is 2. The second kappa shape index (κ2) is 4.96. The lowest BCUT2D eigenvalue weighted by Crippen LogP contribution is -2.10. The van der Waals surface area contributed by atoms with E-state index < -0.39 is 11.9 Å². The SMILES string of the molecule is COC(=O)c1c(C(=O)OC)c2c(SC)cc3cccc1n32. The van der Waals surface area contributed by atoms with E-state index in [-0.39, 0.29) is 11.1 Å². The van der Waals surface area contributed by atoms with Gasteiger partial charge in [-0.2, -0.15) is 0 Å². The molecule has 0 aliphatic rings.